The number of benzene rings is 2. The second-order valence-electron chi connectivity index (χ2n) is 6.12. The quantitative estimate of drug-likeness (QED) is 0.529. The van der Waals surface area contributed by atoms with Gasteiger partial charge in [-0.25, -0.2) is 4.98 Å². The van der Waals surface area contributed by atoms with Gasteiger partial charge >= 0.3 is 0 Å². The summed E-state index contributed by atoms with van der Waals surface area (Å²) in [6, 6.07) is 15.2. The number of nitrogens with one attached hydrogen (secondary N) is 1. The lowest BCUT2D eigenvalue weighted by molar-refractivity contribution is 0.0992. The predicted molar refractivity (Wildman–Crippen MR) is 118 cm³/mol. The zero-order chi connectivity index (χ0) is 20.1. The summed E-state index contributed by atoms with van der Waals surface area (Å²) in [7, 11) is 0. The van der Waals surface area contributed by atoms with Crippen molar-refractivity contribution >= 4 is 40.7 Å². The van der Waals surface area contributed by atoms with Crippen molar-refractivity contribution in [3.63, 3.8) is 0 Å². The Morgan fingerprint density at radius 2 is 1.66 bits per heavy atom. The number of Topliss-reactive ketones (excluding diaryl/α,β-unsaturated/α-hetero) is 1. The van der Waals surface area contributed by atoms with Gasteiger partial charge in [-0.2, -0.15) is 0 Å². The van der Waals surface area contributed by atoms with Crippen molar-refractivity contribution in [2.75, 3.05) is 5.32 Å². The molecule has 0 spiro atoms. The number of hydrogen-bond donors (Lipinski definition) is 2. The Balaban J connectivity index is 0.00000300. The third kappa shape index (κ3) is 5.87. The van der Waals surface area contributed by atoms with Crippen molar-refractivity contribution in [1.29, 1.82) is 0 Å². The van der Waals surface area contributed by atoms with Gasteiger partial charge < -0.3 is 11.1 Å². The zero-order valence-corrected chi connectivity index (χ0v) is 16.3. The highest BCUT2D eigenvalue weighted by atomic mass is 35.5. The van der Waals surface area contributed by atoms with Gasteiger partial charge in [0.25, 0.3) is 5.91 Å². The standard InChI is InChI=1S/C21H17Cl2N3O2.CH4/c22-16-6-5-15(9-19(27)14-3-1-13(11-24)2-4-14)18(10-16)21(28)26-20-8-7-17(23)12-25-20;/h1-8,10,12H,9,11,24H2,(H,25,26,28);1H4. The van der Waals surface area contributed by atoms with Crippen LogP contribution in [0.15, 0.2) is 60.8 Å². The topological polar surface area (TPSA) is 85.1 Å². The van der Waals surface area contributed by atoms with Crippen molar-refractivity contribution < 1.29 is 9.59 Å². The predicted octanol–water partition coefficient (Wildman–Crippen LogP) is 5.16. The number of halogens is 2. The van der Waals surface area contributed by atoms with Gasteiger partial charge in [0.15, 0.2) is 5.78 Å². The molecule has 0 aliphatic rings. The van der Waals surface area contributed by atoms with E-state index >= 15 is 0 Å². The Kier molecular flexibility index (Phi) is 7.91. The summed E-state index contributed by atoms with van der Waals surface area (Å²) in [6.45, 7) is 0.411. The SMILES string of the molecule is C.NCc1ccc(C(=O)Cc2ccc(Cl)cc2C(=O)Nc2ccc(Cl)cn2)cc1. The fourth-order valence-electron chi connectivity index (χ4n) is 2.65. The van der Waals surface area contributed by atoms with Crippen LogP contribution in [-0.2, 0) is 13.0 Å². The van der Waals surface area contributed by atoms with E-state index in [-0.39, 0.29) is 19.6 Å². The summed E-state index contributed by atoms with van der Waals surface area (Å²) >= 11 is 11.9. The van der Waals surface area contributed by atoms with Crippen molar-refractivity contribution in [3.8, 4) is 0 Å². The summed E-state index contributed by atoms with van der Waals surface area (Å²) in [6.07, 6.45) is 1.50. The number of ketones is 1. The Labute approximate surface area is 179 Å². The van der Waals surface area contributed by atoms with Crippen LogP contribution < -0.4 is 11.1 Å². The number of pyridine rings is 1. The summed E-state index contributed by atoms with van der Waals surface area (Å²) in [5, 5.41) is 3.55. The van der Waals surface area contributed by atoms with E-state index in [0.29, 0.717) is 39.1 Å². The Bertz CT molecular complexity index is 1000. The van der Waals surface area contributed by atoms with Gasteiger partial charge in [0.2, 0.25) is 0 Å². The number of nitrogens with two attached hydrogens (primary N) is 1. The van der Waals surface area contributed by atoms with Crippen molar-refractivity contribution in [3.05, 3.63) is 93.1 Å². The zero-order valence-electron chi connectivity index (χ0n) is 14.8. The molecule has 5 nitrogen and oxygen atoms in total. The Morgan fingerprint density at radius 1 is 0.966 bits per heavy atom. The summed E-state index contributed by atoms with van der Waals surface area (Å²) in [5.74, 6) is -0.160. The Hall–Kier alpha value is -2.73. The van der Waals surface area contributed by atoms with Gasteiger partial charge in [-0.3, -0.25) is 9.59 Å². The normalized spacial score (nSPS) is 10.2. The lowest BCUT2D eigenvalue weighted by atomic mass is 9.97. The highest BCUT2D eigenvalue weighted by Gasteiger charge is 2.16. The van der Waals surface area contributed by atoms with Gasteiger partial charge in [0.05, 0.1) is 5.02 Å². The average molecular weight is 430 g/mol. The number of aromatic nitrogens is 1. The average Bonchev–Trinajstić information content (AvgIpc) is 2.71. The van der Waals surface area contributed by atoms with E-state index in [9.17, 15) is 9.59 Å². The van der Waals surface area contributed by atoms with E-state index in [1.165, 1.54) is 12.3 Å². The Morgan fingerprint density at radius 3 is 2.28 bits per heavy atom. The number of amides is 1. The molecule has 3 N–H and O–H groups in total. The molecule has 29 heavy (non-hydrogen) atoms. The van der Waals surface area contributed by atoms with Gasteiger partial charge in [0.1, 0.15) is 5.82 Å². The molecule has 0 saturated heterocycles. The molecule has 7 heteroatoms. The highest BCUT2D eigenvalue weighted by Crippen LogP contribution is 2.20. The van der Waals surface area contributed by atoms with Crippen LogP contribution >= 0.6 is 23.2 Å². The van der Waals surface area contributed by atoms with Crippen LogP contribution in [-0.4, -0.2) is 16.7 Å². The molecule has 3 aromatic rings. The van der Waals surface area contributed by atoms with Gasteiger partial charge in [-0.05, 0) is 35.4 Å². The van der Waals surface area contributed by atoms with E-state index in [2.05, 4.69) is 10.3 Å². The fourth-order valence-corrected chi connectivity index (χ4v) is 2.93. The summed E-state index contributed by atoms with van der Waals surface area (Å²) < 4.78 is 0. The second-order valence-corrected chi connectivity index (χ2v) is 6.99. The molecule has 0 fully saturated rings. The van der Waals surface area contributed by atoms with Crippen LogP contribution in [0.2, 0.25) is 10.0 Å². The number of carbonyl (C=O) groups excluding carboxylic acids is 2. The molecule has 0 unspecified atom stereocenters. The molecule has 2 aromatic carbocycles. The molecule has 1 heterocycles. The minimum absolute atomic E-state index is 0. The molecule has 0 aliphatic heterocycles. The van der Waals surface area contributed by atoms with E-state index in [1.807, 2.05) is 12.1 Å². The number of hydrogen-bond acceptors (Lipinski definition) is 4. The maximum atomic E-state index is 12.7. The molecular weight excluding hydrogens is 409 g/mol. The molecule has 0 atom stereocenters. The van der Waals surface area contributed by atoms with Gasteiger partial charge in [-0.15, -0.1) is 0 Å². The van der Waals surface area contributed by atoms with Crippen LogP contribution in [0.5, 0.6) is 0 Å². The van der Waals surface area contributed by atoms with Crippen LogP contribution in [0, 0.1) is 0 Å². The molecular formula is C22H21Cl2N3O2. The minimum atomic E-state index is -0.404. The van der Waals surface area contributed by atoms with Crippen molar-refractivity contribution in [2.45, 2.75) is 20.4 Å². The highest BCUT2D eigenvalue weighted by molar-refractivity contribution is 6.31. The first-order valence-electron chi connectivity index (χ1n) is 8.50. The third-order valence-corrected chi connectivity index (χ3v) is 4.61. The van der Waals surface area contributed by atoms with Crippen LogP contribution in [0.4, 0.5) is 5.82 Å². The van der Waals surface area contributed by atoms with E-state index in [1.54, 1.807) is 36.4 Å². The van der Waals surface area contributed by atoms with Crippen molar-refractivity contribution in [2.24, 2.45) is 5.73 Å². The molecule has 3 rings (SSSR count). The summed E-state index contributed by atoms with van der Waals surface area (Å²) in [4.78, 5) is 29.4. The van der Waals surface area contributed by atoms with Crippen molar-refractivity contribution in [1.82, 2.24) is 4.98 Å². The fraction of sp³-hybridized carbons (Fsp3) is 0.136. The molecule has 0 aliphatic carbocycles. The first-order valence-corrected chi connectivity index (χ1v) is 9.25. The third-order valence-electron chi connectivity index (χ3n) is 4.15. The van der Waals surface area contributed by atoms with Gasteiger partial charge in [-0.1, -0.05) is 61.0 Å². The number of rotatable bonds is 6. The van der Waals surface area contributed by atoms with E-state index in [4.69, 9.17) is 28.9 Å². The second kappa shape index (κ2) is 10.2. The van der Waals surface area contributed by atoms with Crippen LogP contribution in [0.25, 0.3) is 0 Å². The molecule has 0 saturated carbocycles. The maximum absolute atomic E-state index is 12.7. The largest absolute Gasteiger partial charge is 0.326 e. The number of anilines is 1. The molecule has 0 radical (unpaired) electrons. The number of nitrogens with zero attached hydrogens (tertiary/aromatic N) is 1. The lowest BCUT2D eigenvalue weighted by Crippen LogP contribution is -2.17. The summed E-state index contributed by atoms with van der Waals surface area (Å²) in [5.41, 5.74) is 7.97. The molecule has 1 aromatic heterocycles. The first-order chi connectivity index (χ1) is 13.5. The number of carbonyl (C=O) groups is 2. The molecule has 0 bridgehead atoms. The monoisotopic (exact) mass is 429 g/mol. The first kappa shape index (κ1) is 22.6. The lowest BCUT2D eigenvalue weighted by Gasteiger charge is -2.11. The van der Waals surface area contributed by atoms with Crippen LogP contribution in [0.1, 0.15) is 39.3 Å². The molecule has 150 valence electrons. The van der Waals surface area contributed by atoms with E-state index in [0.717, 1.165) is 5.56 Å². The minimum Gasteiger partial charge on any atom is -0.326 e. The maximum Gasteiger partial charge on any atom is 0.257 e. The van der Waals surface area contributed by atoms with E-state index < -0.39 is 5.91 Å². The van der Waals surface area contributed by atoms with Gasteiger partial charge in [0, 0.05) is 35.3 Å². The smallest absolute Gasteiger partial charge is 0.257 e. The molecule has 1 amide bonds. The van der Waals surface area contributed by atoms with Crippen LogP contribution in [0.3, 0.4) is 0 Å².